The molecule has 0 amide bonds. The van der Waals surface area contributed by atoms with Crippen molar-refractivity contribution in [2.45, 2.75) is 0 Å². The molecule has 0 atom stereocenters. The van der Waals surface area contributed by atoms with Gasteiger partial charge in [-0.15, -0.1) is 0 Å². The predicted octanol–water partition coefficient (Wildman–Crippen LogP) is -0.883. The summed E-state index contributed by atoms with van der Waals surface area (Å²) >= 11 is 3.22. The van der Waals surface area contributed by atoms with Crippen molar-refractivity contribution in [1.29, 1.82) is 0 Å². The monoisotopic (exact) mass is 291 g/mol. The van der Waals surface area contributed by atoms with E-state index in [1.54, 1.807) is 12.1 Å². The van der Waals surface area contributed by atoms with E-state index < -0.39 is 11.6 Å². The van der Waals surface area contributed by atoms with Gasteiger partial charge in [0.2, 0.25) is 11.6 Å². The van der Waals surface area contributed by atoms with E-state index >= 15 is 0 Å². The molecule has 1 aliphatic carbocycles. The third-order valence-electron chi connectivity index (χ3n) is 1.99. The fourth-order valence-electron chi connectivity index (χ4n) is 1.33. The summed E-state index contributed by atoms with van der Waals surface area (Å²) in [6, 6.07) is 4.77. The van der Waals surface area contributed by atoms with E-state index in [0.29, 0.717) is 5.56 Å². The van der Waals surface area contributed by atoms with E-state index in [4.69, 9.17) is 0 Å². The molecule has 0 bridgehead atoms. The molecule has 1 aromatic carbocycles. The zero-order valence-electron chi connectivity index (χ0n) is 7.95. The van der Waals surface area contributed by atoms with Crippen molar-refractivity contribution >= 4 is 33.3 Å². The Kier molecular flexibility index (Phi) is 4.45. The van der Waals surface area contributed by atoms with Gasteiger partial charge in [0.15, 0.2) is 0 Å². The number of allylic oxidation sites excluding steroid dienone is 1. The molecule has 0 aliphatic heterocycles. The molecule has 0 fully saturated rings. The fraction of sp³-hybridized carbons (Fsp3) is 0. The third kappa shape index (κ3) is 2.49. The van der Waals surface area contributed by atoms with E-state index in [-0.39, 0.29) is 62.7 Å². The first-order chi connectivity index (χ1) is 6.59. The fourth-order valence-corrected chi connectivity index (χ4v) is 1.69. The first-order valence-electron chi connectivity index (χ1n) is 3.89. The van der Waals surface area contributed by atoms with Crippen molar-refractivity contribution in [3.05, 3.63) is 39.9 Å². The van der Waals surface area contributed by atoms with E-state index in [0.717, 1.165) is 10.5 Å². The Balaban J connectivity index is 0.00000112. The van der Waals surface area contributed by atoms with Crippen LogP contribution < -0.4 is 51.4 Å². The number of carbonyl (C=O) groups is 2. The number of Topliss-reactive ketones (excluding diaryl/α,β-unsaturated/α-hetero) is 1. The number of aliphatic hydroxyl groups excluding tert-OH is 1. The zero-order valence-corrected chi connectivity index (χ0v) is 12.7. The molecule has 0 unspecified atom stereocenters. The van der Waals surface area contributed by atoms with Crippen molar-refractivity contribution in [3.63, 3.8) is 0 Å². The summed E-state index contributed by atoms with van der Waals surface area (Å²) in [5.74, 6) is -1.42. The zero-order chi connectivity index (χ0) is 10.3. The van der Waals surface area contributed by atoms with Crippen molar-refractivity contribution in [1.82, 2.24) is 0 Å². The van der Waals surface area contributed by atoms with E-state index in [1.807, 2.05) is 0 Å². The van der Waals surface area contributed by atoms with Gasteiger partial charge in [0, 0.05) is 21.7 Å². The van der Waals surface area contributed by atoms with Gasteiger partial charge in [-0.25, -0.2) is 0 Å². The standard InChI is InChI=1S/C10H5BrO3.K/c11-5-1-2-6-7(3-5)8(12)4-9(13)10(6)14;/h1-4,12H;/q;+1. The summed E-state index contributed by atoms with van der Waals surface area (Å²) in [6.45, 7) is 0. The number of ketones is 2. The van der Waals surface area contributed by atoms with Gasteiger partial charge in [0.05, 0.1) is 0 Å². The number of fused-ring (bicyclic) bond motifs is 1. The van der Waals surface area contributed by atoms with Crippen molar-refractivity contribution in [3.8, 4) is 0 Å². The van der Waals surface area contributed by atoms with Gasteiger partial charge in [-0.2, -0.15) is 0 Å². The minimum atomic E-state index is -0.683. The second-order valence-corrected chi connectivity index (χ2v) is 3.83. The SMILES string of the molecule is O=C1C=C(O)c2cc(Br)ccc2C1=O.[K+]. The molecule has 1 aliphatic rings. The van der Waals surface area contributed by atoms with Crippen LogP contribution in [-0.2, 0) is 4.79 Å². The van der Waals surface area contributed by atoms with Crippen LogP contribution in [0.3, 0.4) is 0 Å². The van der Waals surface area contributed by atoms with Crippen LogP contribution in [0, 0.1) is 0 Å². The molecule has 1 N–H and O–H groups in total. The average Bonchev–Trinajstić information content (AvgIpc) is 2.14. The number of rotatable bonds is 0. The normalized spacial score (nSPS) is 14.1. The molecule has 70 valence electrons. The molecule has 1 aromatic rings. The molecule has 0 saturated heterocycles. The van der Waals surface area contributed by atoms with Gasteiger partial charge >= 0.3 is 51.4 Å². The Labute approximate surface area is 137 Å². The molecule has 0 radical (unpaired) electrons. The van der Waals surface area contributed by atoms with Gasteiger partial charge in [0.1, 0.15) is 5.76 Å². The van der Waals surface area contributed by atoms with Crippen LogP contribution in [0.5, 0.6) is 0 Å². The Morgan fingerprint density at radius 2 is 1.80 bits per heavy atom. The van der Waals surface area contributed by atoms with Gasteiger partial charge < -0.3 is 5.11 Å². The van der Waals surface area contributed by atoms with Crippen molar-refractivity contribution in [2.75, 3.05) is 0 Å². The van der Waals surface area contributed by atoms with E-state index in [2.05, 4.69) is 15.9 Å². The van der Waals surface area contributed by atoms with Gasteiger partial charge in [-0.1, -0.05) is 15.9 Å². The van der Waals surface area contributed by atoms with E-state index in [1.165, 1.54) is 6.07 Å². The van der Waals surface area contributed by atoms with Gasteiger partial charge in [-0.05, 0) is 18.2 Å². The van der Waals surface area contributed by atoms with Crippen LogP contribution >= 0.6 is 15.9 Å². The molecule has 0 spiro atoms. The van der Waals surface area contributed by atoms with Crippen LogP contribution in [0.15, 0.2) is 28.7 Å². The summed E-state index contributed by atoms with van der Waals surface area (Å²) in [7, 11) is 0. The minimum absolute atomic E-state index is 0. The van der Waals surface area contributed by atoms with E-state index in [9.17, 15) is 14.7 Å². The summed E-state index contributed by atoms with van der Waals surface area (Å²) < 4.78 is 0.748. The number of carbonyl (C=O) groups excluding carboxylic acids is 2. The molecule has 2 rings (SSSR count). The Morgan fingerprint density at radius 1 is 1.13 bits per heavy atom. The number of benzene rings is 1. The van der Waals surface area contributed by atoms with Crippen LogP contribution in [0.25, 0.3) is 5.76 Å². The second-order valence-electron chi connectivity index (χ2n) is 2.91. The van der Waals surface area contributed by atoms with Gasteiger partial charge in [-0.3, -0.25) is 9.59 Å². The van der Waals surface area contributed by atoms with Crippen LogP contribution in [-0.4, -0.2) is 16.7 Å². The topological polar surface area (TPSA) is 54.4 Å². The minimum Gasteiger partial charge on any atom is -0.507 e. The van der Waals surface area contributed by atoms with Crippen LogP contribution in [0.2, 0.25) is 0 Å². The number of hydrogen-bond donors (Lipinski definition) is 1. The number of halogens is 1. The molecule has 0 saturated carbocycles. The molecule has 5 heteroatoms. The smallest absolute Gasteiger partial charge is 0.507 e. The van der Waals surface area contributed by atoms with Crippen LogP contribution in [0.1, 0.15) is 15.9 Å². The maximum atomic E-state index is 11.4. The summed E-state index contributed by atoms with van der Waals surface area (Å²) in [5, 5.41) is 9.44. The molecule has 3 nitrogen and oxygen atoms in total. The van der Waals surface area contributed by atoms with Crippen molar-refractivity contribution < 1.29 is 66.1 Å². The van der Waals surface area contributed by atoms with Crippen LogP contribution in [0.4, 0.5) is 0 Å². The second kappa shape index (κ2) is 5.03. The number of hydrogen-bond acceptors (Lipinski definition) is 3. The first kappa shape index (κ1) is 13.3. The van der Waals surface area contributed by atoms with Gasteiger partial charge in [0.25, 0.3) is 0 Å². The molecular formula is C10H5BrKO3+. The third-order valence-corrected chi connectivity index (χ3v) is 2.49. The molecular weight excluding hydrogens is 287 g/mol. The maximum Gasteiger partial charge on any atom is 1.00 e. The Morgan fingerprint density at radius 3 is 2.47 bits per heavy atom. The molecule has 0 aromatic heterocycles. The molecule has 0 heterocycles. The summed E-state index contributed by atoms with van der Waals surface area (Å²) in [4.78, 5) is 22.4. The largest absolute Gasteiger partial charge is 1.00 e. The average molecular weight is 292 g/mol. The first-order valence-corrected chi connectivity index (χ1v) is 4.68. The number of aliphatic hydroxyl groups is 1. The Bertz CT molecular complexity index is 480. The quantitative estimate of drug-likeness (QED) is 0.499. The predicted molar refractivity (Wildman–Crippen MR) is 54.1 cm³/mol. The summed E-state index contributed by atoms with van der Waals surface area (Å²) in [5.41, 5.74) is 0.641. The maximum absolute atomic E-state index is 11.4. The Hall–Kier alpha value is 0.216. The molecule has 15 heavy (non-hydrogen) atoms. The summed E-state index contributed by atoms with van der Waals surface area (Å²) in [6.07, 6.45) is 0.942. The van der Waals surface area contributed by atoms with Crippen molar-refractivity contribution in [2.24, 2.45) is 0 Å².